The molecule has 1 atom stereocenters. The molecule has 0 saturated heterocycles. The number of esters is 3. The maximum absolute atomic E-state index is 12.9. The molecule has 6 heteroatoms. The molecule has 0 aromatic carbocycles. The average Bonchev–Trinajstić information content (AvgIpc) is 3.42. The molecule has 1 unspecified atom stereocenters. The van der Waals surface area contributed by atoms with Crippen LogP contribution in [0.3, 0.4) is 0 Å². The quantitative estimate of drug-likeness (QED) is 0.0261. The van der Waals surface area contributed by atoms with Crippen LogP contribution in [0.2, 0.25) is 0 Å². The van der Waals surface area contributed by atoms with Crippen LogP contribution in [0.25, 0.3) is 0 Å². The zero-order valence-corrected chi connectivity index (χ0v) is 49.7. The highest BCUT2D eigenvalue weighted by Gasteiger charge is 2.19. The molecule has 0 aromatic heterocycles. The molecule has 0 aliphatic rings. The molecular formula is C70H118O6. The van der Waals surface area contributed by atoms with Crippen LogP contribution in [0.1, 0.15) is 297 Å². The zero-order chi connectivity index (χ0) is 55.0. The van der Waals surface area contributed by atoms with E-state index in [0.717, 1.165) is 103 Å². The van der Waals surface area contributed by atoms with Crippen LogP contribution in [0.5, 0.6) is 0 Å². The van der Waals surface area contributed by atoms with Gasteiger partial charge in [0.1, 0.15) is 13.2 Å². The second-order valence-corrected chi connectivity index (χ2v) is 20.9. The monoisotopic (exact) mass is 1050 g/mol. The van der Waals surface area contributed by atoms with Crippen molar-refractivity contribution in [3.05, 3.63) is 109 Å². The highest BCUT2D eigenvalue weighted by molar-refractivity contribution is 5.71. The lowest BCUT2D eigenvalue weighted by Gasteiger charge is -2.18. The molecule has 0 amide bonds. The summed E-state index contributed by atoms with van der Waals surface area (Å²) in [5.74, 6) is -1.01. The average molecular weight is 1060 g/mol. The van der Waals surface area contributed by atoms with E-state index in [1.54, 1.807) is 0 Å². The number of unbranched alkanes of at least 4 members (excludes halogenated alkanes) is 28. The largest absolute Gasteiger partial charge is 0.462 e. The van der Waals surface area contributed by atoms with Crippen LogP contribution in [-0.4, -0.2) is 37.2 Å². The van der Waals surface area contributed by atoms with Gasteiger partial charge in [-0.2, -0.15) is 0 Å². The van der Waals surface area contributed by atoms with Crippen molar-refractivity contribution >= 4 is 17.9 Å². The van der Waals surface area contributed by atoms with Gasteiger partial charge in [-0.25, -0.2) is 0 Å². The van der Waals surface area contributed by atoms with Gasteiger partial charge in [-0.15, -0.1) is 0 Å². The highest BCUT2D eigenvalue weighted by atomic mass is 16.6. The number of rotatable bonds is 57. The number of allylic oxidation sites excluding steroid dienone is 18. The zero-order valence-electron chi connectivity index (χ0n) is 49.7. The lowest BCUT2D eigenvalue weighted by Crippen LogP contribution is -2.30. The Kier molecular flexibility index (Phi) is 60.3. The van der Waals surface area contributed by atoms with Crippen molar-refractivity contribution in [3.63, 3.8) is 0 Å². The minimum Gasteiger partial charge on any atom is -0.462 e. The Morgan fingerprint density at radius 3 is 0.908 bits per heavy atom. The van der Waals surface area contributed by atoms with Gasteiger partial charge in [-0.05, 0) is 109 Å². The number of hydrogen-bond acceptors (Lipinski definition) is 6. The molecule has 0 N–H and O–H groups in total. The summed E-state index contributed by atoms with van der Waals surface area (Å²) in [6.45, 7) is 6.43. The first kappa shape index (κ1) is 72.1. The lowest BCUT2D eigenvalue weighted by atomic mass is 10.0. The summed E-state index contributed by atoms with van der Waals surface area (Å²) in [6.07, 6.45) is 86.8. The maximum Gasteiger partial charge on any atom is 0.306 e. The van der Waals surface area contributed by atoms with Crippen molar-refractivity contribution in [2.24, 2.45) is 0 Å². The van der Waals surface area contributed by atoms with Crippen LogP contribution >= 0.6 is 0 Å². The van der Waals surface area contributed by atoms with Crippen molar-refractivity contribution < 1.29 is 28.6 Å². The summed E-state index contributed by atoms with van der Waals surface area (Å²) >= 11 is 0. The van der Waals surface area contributed by atoms with E-state index in [2.05, 4.69) is 124 Å². The Balaban J connectivity index is 4.41. The van der Waals surface area contributed by atoms with Crippen LogP contribution in [0.4, 0.5) is 0 Å². The summed E-state index contributed by atoms with van der Waals surface area (Å²) in [5, 5.41) is 0. The number of ether oxygens (including phenoxy) is 3. The predicted octanol–water partition coefficient (Wildman–Crippen LogP) is 21.8. The Hall–Kier alpha value is -3.93. The van der Waals surface area contributed by atoms with Crippen molar-refractivity contribution in [1.82, 2.24) is 0 Å². The Labute approximate surface area is 470 Å². The number of carbonyl (C=O) groups excluding carboxylic acids is 3. The number of hydrogen-bond donors (Lipinski definition) is 0. The van der Waals surface area contributed by atoms with Crippen molar-refractivity contribution in [2.45, 2.75) is 303 Å². The van der Waals surface area contributed by atoms with Gasteiger partial charge >= 0.3 is 17.9 Å². The fourth-order valence-electron chi connectivity index (χ4n) is 8.72. The van der Waals surface area contributed by atoms with Crippen molar-refractivity contribution in [2.75, 3.05) is 13.2 Å². The molecule has 0 rings (SSSR count). The van der Waals surface area contributed by atoms with E-state index in [9.17, 15) is 14.4 Å². The topological polar surface area (TPSA) is 78.9 Å². The first-order valence-corrected chi connectivity index (χ1v) is 31.9. The lowest BCUT2D eigenvalue weighted by molar-refractivity contribution is -0.166. The Morgan fingerprint density at radius 1 is 0.276 bits per heavy atom. The van der Waals surface area contributed by atoms with E-state index in [4.69, 9.17) is 14.2 Å². The minimum absolute atomic E-state index is 0.113. The van der Waals surface area contributed by atoms with Crippen molar-refractivity contribution in [3.8, 4) is 0 Å². The van der Waals surface area contributed by atoms with E-state index >= 15 is 0 Å². The number of carbonyl (C=O) groups is 3. The van der Waals surface area contributed by atoms with Gasteiger partial charge in [0.05, 0.1) is 0 Å². The van der Waals surface area contributed by atoms with Crippen LogP contribution < -0.4 is 0 Å². The van der Waals surface area contributed by atoms with Gasteiger partial charge in [-0.1, -0.05) is 278 Å². The molecule has 76 heavy (non-hydrogen) atoms. The van der Waals surface area contributed by atoms with Gasteiger partial charge < -0.3 is 14.2 Å². The third-order valence-corrected chi connectivity index (χ3v) is 13.5. The molecular weight excluding hydrogens is 937 g/mol. The fourth-order valence-corrected chi connectivity index (χ4v) is 8.72. The molecule has 434 valence electrons. The third kappa shape index (κ3) is 60.9. The fraction of sp³-hybridized carbons (Fsp3) is 0.700. The summed E-state index contributed by atoms with van der Waals surface area (Å²) in [5.41, 5.74) is 0. The second-order valence-electron chi connectivity index (χ2n) is 20.9. The Bertz CT molecular complexity index is 1540. The van der Waals surface area contributed by atoms with Gasteiger partial charge in [0.15, 0.2) is 6.10 Å². The summed E-state index contributed by atoms with van der Waals surface area (Å²) in [6, 6.07) is 0. The van der Waals surface area contributed by atoms with E-state index in [0.29, 0.717) is 19.3 Å². The first-order chi connectivity index (χ1) is 37.5. The van der Waals surface area contributed by atoms with Gasteiger partial charge in [0, 0.05) is 19.3 Å². The summed E-state index contributed by atoms with van der Waals surface area (Å²) < 4.78 is 16.8. The van der Waals surface area contributed by atoms with Crippen LogP contribution in [-0.2, 0) is 28.6 Å². The van der Waals surface area contributed by atoms with Crippen molar-refractivity contribution in [1.29, 1.82) is 0 Å². The van der Waals surface area contributed by atoms with E-state index in [-0.39, 0.29) is 31.6 Å². The molecule has 0 aromatic rings. The molecule has 6 nitrogen and oxygen atoms in total. The molecule has 0 aliphatic carbocycles. The standard InChI is InChI=1S/C70H118O6/c1-4-7-10-13-16-19-22-25-28-30-32-33-34-35-36-37-39-40-42-45-48-51-54-57-60-63-69(72)75-66-67(65-74-68(71)62-59-56-53-50-47-44-27-24-21-18-15-12-9-6-3)76-70(73)64-61-58-55-52-49-46-43-41-38-31-29-26-23-20-17-14-11-8-5-2/h8,11,15,17-18,20,24,26-27,29-30,32,38,41,46,49,55,58,67H,4-7,9-10,12-14,16,19,21-23,25,28,31,33-37,39-40,42-45,47-48,50-54,56-57,59-66H2,1-3H3/b11-8-,18-15-,20-17-,27-24-,29-26-,32-30-,41-38-,49-46-,58-55-. The SMILES string of the molecule is CC/C=C\C/C=C\C/C=C\C/C=C\C/C=C\C/C=C\CCC(=O)OC(COC(=O)CCCCCCC/C=C\C/C=C\CCCC)COC(=O)CCCCCCCCCCCCCCC/C=C\CCCCCCCCCC. The van der Waals surface area contributed by atoms with Crippen LogP contribution in [0.15, 0.2) is 109 Å². The molecule has 0 spiro atoms. The highest BCUT2D eigenvalue weighted by Crippen LogP contribution is 2.16. The third-order valence-electron chi connectivity index (χ3n) is 13.5. The molecule has 0 bridgehead atoms. The normalized spacial score (nSPS) is 12.8. The maximum atomic E-state index is 12.9. The first-order valence-electron chi connectivity index (χ1n) is 31.9. The van der Waals surface area contributed by atoms with Gasteiger partial charge in [0.25, 0.3) is 0 Å². The smallest absolute Gasteiger partial charge is 0.306 e. The molecule has 0 saturated carbocycles. The van der Waals surface area contributed by atoms with E-state index < -0.39 is 12.1 Å². The van der Waals surface area contributed by atoms with Gasteiger partial charge in [0.2, 0.25) is 0 Å². The van der Waals surface area contributed by atoms with E-state index in [1.165, 1.54) is 148 Å². The van der Waals surface area contributed by atoms with Crippen LogP contribution in [0, 0.1) is 0 Å². The second kappa shape index (κ2) is 63.6. The molecule has 0 aliphatic heterocycles. The minimum atomic E-state index is -0.827. The summed E-state index contributed by atoms with van der Waals surface area (Å²) in [7, 11) is 0. The van der Waals surface area contributed by atoms with E-state index in [1.807, 2.05) is 6.08 Å². The van der Waals surface area contributed by atoms with Gasteiger partial charge in [-0.3, -0.25) is 14.4 Å². The molecule has 0 heterocycles. The summed E-state index contributed by atoms with van der Waals surface area (Å²) in [4.78, 5) is 38.2. The molecule has 0 fully saturated rings. The predicted molar refractivity (Wildman–Crippen MR) is 330 cm³/mol. The molecule has 0 radical (unpaired) electrons. The Morgan fingerprint density at radius 2 is 0.553 bits per heavy atom.